The van der Waals surface area contributed by atoms with Crippen molar-refractivity contribution in [3.8, 4) is 0 Å². The molecule has 1 atom stereocenters. The molecule has 1 aliphatic carbocycles. The molecule has 1 aromatic heterocycles. The van der Waals surface area contributed by atoms with E-state index in [0.717, 1.165) is 22.9 Å². The van der Waals surface area contributed by atoms with E-state index in [0.29, 0.717) is 5.92 Å². The first-order chi connectivity index (χ1) is 9.84. The molecule has 1 heterocycles. The Morgan fingerprint density at radius 3 is 2.60 bits per heavy atom. The van der Waals surface area contributed by atoms with E-state index in [1.807, 2.05) is 24.4 Å². The van der Waals surface area contributed by atoms with Gasteiger partial charge in [-0.2, -0.15) is 0 Å². The Hall–Kier alpha value is -1.41. The molecule has 0 amide bonds. The summed E-state index contributed by atoms with van der Waals surface area (Å²) in [5, 5.41) is 11.7. The van der Waals surface area contributed by atoms with Gasteiger partial charge < -0.3 is 5.11 Å². The molecule has 2 nitrogen and oxygen atoms in total. The van der Waals surface area contributed by atoms with Crippen molar-refractivity contribution in [1.29, 1.82) is 0 Å². The smallest absolute Gasteiger partial charge is 0.0813 e. The van der Waals surface area contributed by atoms with Gasteiger partial charge in [0.1, 0.15) is 0 Å². The third-order valence-corrected chi connectivity index (χ3v) is 4.55. The number of rotatable bonds is 3. The summed E-state index contributed by atoms with van der Waals surface area (Å²) in [6.07, 6.45) is 10.2. The first-order valence-corrected chi connectivity index (χ1v) is 7.86. The molecule has 3 rings (SSSR count). The minimum Gasteiger partial charge on any atom is -0.388 e. The maximum atomic E-state index is 10.6. The number of benzene rings is 1. The van der Waals surface area contributed by atoms with Gasteiger partial charge in [-0.25, -0.2) is 0 Å². The molecular weight excluding hydrogens is 246 g/mol. The van der Waals surface area contributed by atoms with Crippen LogP contribution in [0.3, 0.4) is 0 Å². The lowest BCUT2D eigenvalue weighted by Crippen LogP contribution is -2.07. The number of pyridine rings is 1. The second-order valence-electron chi connectivity index (χ2n) is 6.03. The van der Waals surface area contributed by atoms with E-state index >= 15 is 0 Å². The molecule has 0 spiro atoms. The number of aliphatic hydroxyl groups excluding tert-OH is 1. The van der Waals surface area contributed by atoms with Crippen LogP contribution in [-0.2, 0) is 0 Å². The minimum atomic E-state index is -0.378. The maximum Gasteiger partial charge on any atom is 0.0813 e. The average molecular weight is 269 g/mol. The Balaban J connectivity index is 1.79. The summed E-state index contributed by atoms with van der Waals surface area (Å²) in [7, 11) is 0. The van der Waals surface area contributed by atoms with Crippen LogP contribution in [0.15, 0.2) is 36.5 Å². The van der Waals surface area contributed by atoms with E-state index in [9.17, 15) is 5.11 Å². The number of fused-ring (bicyclic) bond motifs is 1. The van der Waals surface area contributed by atoms with Crippen LogP contribution in [0.2, 0.25) is 0 Å². The third kappa shape index (κ3) is 3.01. The van der Waals surface area contributed by atoms with Crippen LogP contribution in [0.1, 0.15) is 56.6 Å². The van der Waals surface area contributed by atoms with E-state index in [4.69, 9.17) is 0 Å². The summed E-state index contributed by atoms with van der Waals surface area (Å²) >= 11 is 0. The van der Waals surface area contributed by atoms with Gasteiger partial charge in [0.05, 0.1) is 11.6 Å². The Kier molecular flexibility index (Phi) is 4.31. The molecular formula is C18H23NO. The van der Waals surface area contributed by atoms with Gasteiger partial charge in [0, 0.05) is 17.1 Å². The lowest BCUT2D eigenvalue weighted by molar-refractivity contribution is 0.140. The largest absolute Gasteiger partial charge is 0.388 e. The van der Waals surface area contributed by atoms with Crippen LogP contribution in [0, 0.1) is 5.92 Å². The summed E-state index contributed by atoms with van der Waals surface area (Å²) < 4.78 is 0. The van der Waals surface area contributed by atoms with E-state index in [1.54, 1.807) is 0 Å². The molecule has 0 aliphatic heterocycles. The molecule has 1 aromatic carbocycles. The third-order valence-electron chi connectivity index (χ3n) is 4.55. The molecule has 0 saturated heterocycles. The highest BCUT2D eigenvalue weighted by Crippen LogP contribution is 2.33. The number of hydrogen-bond donors (Lipinski definition) is 1. The van der Waals surface area contributed by atoms with Crippen molar-refractivity contribution in [2.75, 3.05) is 0 Å². The molecule has 1 unspecified atom stereocenters. The van der Waals surface area contributed by atoms with Gasteiger partial charge in [-0.1, -0.05) is 62.8 Å². The number of aliphatic hydroxyl groups is 1. The highest BCUT2D eigenvalue weighted by Gasteiger charge is 2.19. The van der Waals surface area contributed by atoms with Crippen molar-refractivity contribution in [3.05, 3.63) is 42.1 Å². The van der Waals surface area contributed by atoms with Crippen LogP contribution < -0.4 is 0 Å². The molecule has 20 heavy (non-hydrogen) atoms. The second-order valence-corrected chi connectivity index (χ2v) is 6.03. The summed E-state index contributed by atoms with van der Waals surface area (Å²) in [5.74, 6) is 0.673. The fourth-order valence-corrected chi connectivity index (χ4v) is 3.44. The summed E-state index contributed by atoms with van der Waals surface area (Å²) in [5.41, 5.74) is 1.95. The molecule has 1 fully saturated rings. The van der Waals surface area contributed by atoms with Gasteiger partial charge >= 0.3 is 0 Å². The molecule has 0 bridgehead atoms. The summed E-state index contributed by atoms with van der Waals surface area (Å²) in [6, 6.07) is 10.1. The standard InChI is InChI=1S/C18H23NO/c20-17(13-14-7-3-1-2-4-8-14)16-11-5-9-15-10-6-12-19-18(15)16/h5-6,9-12,14,17,20H,1-4,7-8,13H2. The monoisotopic (exact) mass is 269 g/mol. The summed E-state index contributed by atoms with van der Waals surface area (Å²) in [6.45, 7) is 0. The topological polar surface area (TPSA) is 33.1 Å². The molecule has 0 radical (unpaired) electrons. The van der Waals surface area contributed by atoms with Crippen molar-refractivity contribution < 1.29 is 5.11 Å². The summed E-state index contributed by atoms with van der Waals surface area (Å²) in [4.78, 5) is 4.45. The first-order valence-electron chi connectivity index (χ1n) is 7.86. The van der Waals surface area contributed by atoms with Gasteiger partial charge in [-0.15, -0.1) is 0 Å². The molecule has 2 heteroatoms. The van der Waals surface area contributed by atoms with Gasteiger partial charge in [-0.3, -0.25) is 4.98 Å². The zero-order valence-electron chi connectivity index (χ0n) is 12.0. The lowest BCUT2D eigenvalue weighted by atomic mass is 9.90. The molecule has 2 aromatic rings. The number of nitrogens with zero attached hydrogens (tertiary/aromatic N) is 1. The average Bonchev–Trinajstić information content (AvgIpc) is 2.75. The Bertz CT molecular complexity index is 553. The lowest BCUT2D eigenvalue weighted by Gasteiger charge is -2.19. The highest BCUT2D eigenvalue weighted by atomic mass is 16.3. The van der Waals surface area contributed by atoms with Crippen LogP contribution in [-0.4, -0.2) is 10.1 Å². The zero-order chi connectivity index (χ0) is 13.8. The number of aromatic nitrogens is 1. The van der Waals surface area contributed by atoms with Crippen LogP contribution in [0.25, 0.3) is 10.9 Å². The Morgan fingerprint density at radius 1 is 1.05 bits per heavy atom. The van der Waals surface area contributed by atoms with E-state index < -0.39 is 0 Å². The van der Waals surface area contributed by atoms with Gasteiger partial charge in [0.25, 0.3) is 0 Å². The number of para-hydroxylation sites is 1. The normalized spacial score (nSPS) is 18.9. The minimum absolute atomic E-state index is 0.378. The van der Waals surface area contributed by atoms with E-state index in [2.05, 4.69) is 17.1 Å². The molecule has 1 saturated carbocycles. The van der Waals surface area contributed by atoms with Crippen LogP contribution in [0.4, 0.5) is 0 Å². The van der Waals surface area contributed by atoms with Gasteiger partial charge in [0.2, 0.25) is 0 Å². The van der Waals surface area contributed by atoms with Crippen molar-refractivity contribution in [2.45, 2.75) is 51.0 Å². The zero-order valence-corrected chi connectivity index (χ0v) is 12.0. The van der Waals surface area contributed by atoms with Gasteiger partial charge in [0.15, 0.2) is 0 Å². The highest BCUT2D eigenvalue weighted by molar-refractivity contribution is 5.81. The second kappa shape index (κ2) is 6.36. The SMILES string of the molecule is OC(CC1CCCCCC1)c1cccc2cccnc12. The van der Waals surface area contributed by atoms with Crippen LogP contribution >= 0.6 is 0 Å². The van der Waals surface area contributed by atoms with Gasteiger partial charge in [-0.05, 0) is 18.4 Å². The number of hydrogen-bond acceptors (Lipinski definition) is 2. The van der Waals surface area contributed by atoms with Crippen molar-refractivity contribution in [2.24, 2.45) is 5.92 Å². The van der Waals surface area contributed by atoms with Crippen molar-refractivity contribution >= 4 is 10.9 Å². The van der Waals surface area contributed by atoms with Crippen molar-refractivity contribution in [1.82, 2.24) is 4.98 Å². The van der Waals surface area contributed by atoms with Crippen LogP contribution in [0.5, 0.6) is 0 Å². The molecule has 1 aliphatic rings. The van der Waals surface area contributed by atoms with E-state index in [1.165, 1.54) is 38.5 Å². The fraction of sp³-hybridized carbons (Fsp3) is 0.500. The first kappa shape index (κ1) is 13.6. The van der Waals surface area contributed by atoms with E-state index in [-0.39, 0.29) is 6.10 Å². The Morgan fingerprint density at radius 2 is 1.80 bits per heavy atom. The maximum absolute atomic E-state index is 10.6. The quantitative estimate of drug-likeness (QED) is 0.824. The van der Waals surface area contributed by atoms with Crippen molar-refractivity contribution in [3.63, 3.8) is 0 Å². The predicted octanol–water partition coefficient (Wildman–Crippen LogP) is 4.63. The molecule has 1 N–H and O–H groups in total. The fourth-order valence-electron chi connectivity index (χ4n) is 3.44. The Labute approximate surface area is 120 Å². The predicted molar refractivity (Wildman–Crippen MR) is 82.5 cm³/mol. The molecule has 106 valence electrons.